The largest absolute Gasteiger partial charge is 0.495 e. The van der Waals surface area contributed by atoms with Gasteiger partial charge in [-0.15, -0.1) is 5.10 Å². The summed E-state index contributed by atoms with van der Waals surface area (Å²) >= 11 is 5.86. The molecular weight excluding hydrogens is 276 g/mol. The summed E-state index contributed by atoms with van der Waals surface area (Å²) in [6, 6.07) is 7.56. The standard InChI is InChI=1S/C14H15ClN4O/c1-8(12-9(2)18-19-14(15)13(12)16)17-10-6-4-5-7-11(10)20-3/h4-7,16-17H,1-3H3/b12-8-,16-13?. The Kier molecular flexibility index (Phi) is 4.20. The van der Waals surface area contributed by atoms with Gasteiger partial charge in [0.1, 0.15) is 11.5 Å². The normalized spacial score (nSPS) is 17.3. The van der Waals surface area contributed by atoms with Crippen LogP contribution in [0.15, 0.2) is 45.7 Å². The lowest BCUT2D eigenvalue weighted by atomic mass is 10.0. The third-order valence-electron chi connectivity index (χ3n) is 2.91. The van der Waals surface area contributed by atoms with Gasteiger partial charge in [0.2, 0.25) is 0 Å². The Bertz CT molecular complexity index is 642. The zero-order valence-electron chi connectivity index (χ0n) is 11.5. The minimum atomic E-state index is 0.0896. The van der Waals surface area contributed by atoms with Crippen LogP contribution < -0.4 is 10.1 Å². The van der Waals surface area contributed by atoms with Crippen molar-refractivity contribution in [2.45, 2.75) is 13.8 Å². The second-order valence-corrected chi connectivity index (χ2v) is 4.63. The van der Waals surface area contributed by atoms with Crippen LogP contribution in [0.4, 0.5) is 5.69 Å². The summed E-state index contributed by atoms with van der Waals surface area (Å²) in [4.78, 5) is 0. The quantitative estimate of drug-likeness (QED) is 0.895. The molecule has 1 heterocycles. The van der Waals surface area contributed by atoms with Crippen LogP contribution in [0, 0.1) is 5.41 Å². The highest BCUT2D eigenvalue weighted by Gasteiger charge is 2.21. The van der Waals surface area contributed by atoms with Crippen molar-refractivity contribution in [3.63, 3.8) is 0 Å². The average Bonchev–Trinajstić information content (AvgIpc) is 2.44. The van der Waals surface area contributed by atoms with E-state index in [1.165, 1.54) is 0 Å². The molecule has 0 amide bonds. The number of anilines is 1. The first-order chi connectivity index (χ1) is 9.54. The van der Waals surface area contributed by atoms with Crippen LogP contribution in [-0.2, 0) is 0 Å². The van der Waals surface area contributed by atoms with E-state index in [9.17, 15) is 0 Å². The maximum Gasteiger partial charge on any atom is 0.177 e. The molecule has 6 heteroatoms. The Labute approximate surface area is 122 Å². The highest BCUT2D eigenvalue weighted by atomic mass is 35.5. The average molecular weight is 291 g/mol. The molecule has 0 radical (unpaired) electrons. The third kappa shape index (κ3) is 2.72. The van der Waals surface area contributed by atoms with E-state index in [0.29, 0.717) is 11.3 Å². The zero-order valence-corrected chi connectivity index (χ0v) is 12.2. The number of hydrogen-bond acceptors (Lipinski definition) is 5. The molecule has 0 aromatic heterocycles. The van der Waals surface area contributed by atoms with Gasteiger partial charge in [0.05, 0.1) is 18.5 Å². The van der Waals surface area contributed by atoms with E-state index in [4.69, 9.17) is 21.7 Å². The van der Waals surface area contributed by atoms with Crippen LogP contribution in [0.1, 0.15) is 13.8 Å². The summed E-state index contributed by atoms with van der Waals surface area (Å²) < 4.78 is 5.29. The van der Waals surface area contributed by atoms with Crippen LogP contribution in [0.5, 0.6) is 5.75 Å². The Hall–Kier alpha value is -2.14. The van der Waals surface area contributed by atoms with E-state index in [1.807, 2.05) is 31.2 Å². The molecule has 0 fully saturated rings. The molecule has 1 aliphatic rings. The van der Waals surface area contributed by atoms with Gasteiger partial charge in [-0.2, -0.15) is 5.10 Å². The van der Waals surface area contributed by atoms with Gasteiger partial charge in [-0.25, -0.2) is 0 Å². The smallest absolute Gasteiger partial charge is 0.177 e. The number of methoxy groups -OCH3 is 1. The Morgan fingerprint density at radius 1 is 1.30 bits per heavy atom. The fourth-order valence-electron chi connectivity index (χ4n) is 1.97. The molecular formula is C14H15ClN4O. The summed E-state index contributed by atoms with van der Waals surface area (Å²) in [6.45, 7) is 3.66. The van der Waals surface area contributed by atoms with Gasteiger partial charge in [0, 0.05) is 11.3 Å². The van der Waals surface area contributed by atoms with Crippen LogP contribution in [0.2, 0.25) is 0 Å². The number of nitrogens with zero attached hydrogens (tertiary/aromatic N) is 2. The molecule has 104 valence electrons. The predicted molar refractivity (Wildman–Crippen MR) is 83.4 cm³/mol. The van der Waals surface area contributed by atoms with E-state index in [-0.39, 0.29) is 10.9 Å². The van der Waals surface area contributed by atoms with Crippen molar-refractivity contribution in [3.05, 3.63) is 35.5 Å². The van der Waals surface area contributed by atoms with E-state index in [2.05, 4.69) is 15.5 Å². The van der Waals surface area contributed by atoms with Crippen molar-refractivity contribution in [2.75, 3.05) is 12.4 Å². The van der Waals surface area contributed by atoms with Gasteiger partial charge in [0.25, 0.3) is 0 Å². The number of nitrogens with one attached hydrogen (secondary N) is 2. The van der Waals surface area contributed by atoms with E-state index in [1.54, 1.807) is 14.0 Å². The topological polar surface area (TPSA) is 69.8 Å². The highest BCUT2D eigenvalue weighted by Crippen LogP contribution is 2.26. The molecule has 0 atom stereocenters. The molecule has 2 rings (SSSR count). The van der Waals surface area contributed by atoms with E-state index in [0.717, 1.165) is 17.1 Å². The van der Waals surface area contributed by atoms with Crippen LogP contribution in [0.3, 0.4) is 0 Å². The maximum atomic E-state index is 8.00. The van der Waals surface area contributed by atoms with Gasteiger partial charge in [-0.1, -0.05) is 23.7 Å². The second kappa shape index (κ2) is 5.88. The minimum Gasteiger partial charge on any atom is -0.495 e. The van der Waals surface area contributed by atoms with Gasteiger partial charge in [0.15, 0.2) is 5.17 Å². The van der Waals surface area contributed by atoms with Crippen LogP contribution >= 0.6 is 11.6 Å². The lowest BCUT2D eigenvalue weighted by molar-refractivity contribution is 0.416. The van der Waals surface area contributed by atoms with Crippen molar-refractivity contribution in [1.82, 2.24) is 0 Å². The van der Waals surface area contributed by atoms with E-state index < -0.39 is 0 Å². The second-order valence-electron chi connectivity index (χ2n) is 4.28. The third-order valence-corrected chi connectivity index (χ3v) is 3.17. The van der Waals surface area contributed by atoms with Crippen molar-refractivity contribution in [3.8, 4) is 5.75 Å². The number of rotatable bonds is 3. The Balaban J connectivity index is 2.38. The number of allylic oxidation sites excluding steroid dienone is 2. The first-order valence-electron chi connectivity index (χ1n) is 6.03. The molecule has 0 spiro atoms. The minimum absolute atomic E-state index is 0.0896. The number of halogens is 1. The van der Waals surface area contributed by atoms with E-state index >= 15 is 0 Å². The Morgan fingerprint density at radius 3 is 2.70 bits per heavy atom. The van der Waals surface area contributed by atoms with Gasteiger partial charge >= 0.3 is 0 Å². The molecule has 0 saturated heterocycles. The van der Waals surface area contributed by atoms with Crippen molar-refractivity contribution in [2.24, 2.45) is 10.2 Å². The summed E-state index contributed by atoms with van der Waals surface area (Å²) in [5, 5.41) is 19.0. The maximum absolute atomic E-state index is 8.00. The monoisotopic (exact) mass is 290 g/mol. The number of benzene rings is 1. The molecule has 0 unspecified atom stereocenters. The fourth-order valence-corrected chi connectivity index (χ4v) is 2.11. The first kappa shape index (κ1) is 14.3. The molecule has 0 aliphatic carbocycles. The summed E-state index contributed by atoms with van der Waals surface area (Å²) in [5.74, 6) is 0.726. The highest BCUT2D eigenvalue weighted by molar-refractivity contribution is 6.87. The molecule has 0 saturated carbocycles. The molecule has 1 aromatic rings. The number of hydrogen-bond donors (Lipinski definition) is 2. The molecule has 2 N–H and O–H groups in total. The van der Waals surface area contributed by atoms with Gasteiger partial charge in [-0.3, -0.25) is 5.41 Å². The number of para-hydroxylation sites is 2. The first-order valence-corrected chi connectivity index (χ1v) is 6.40. The van der Waals surface area contributed by atoms with Crippen LogP contribution in [-0.4, -0.2) is 23.7 Å². The number of ether oxygens (including phenoxy) is 1. The SMILES string of the molecule is COc1ccccc1N/C(C)=C1\C(=N)C(Cl)=NN=C1C. The van der Waals surface area contributed by atoms with Crippen molar-refractivity contribution < 1.29 is 4.74 Å². The predicted octanol–water partition coefficient (Wildman–Crippen LogP) is 3.43. The van der Waals surface area contributed by atoms with Crippen LogP contribution in [0.25, 0.3) is 0 Å². The van der Waals surface area contributed by atoms with Gasteiger partial charge in [-0.05, 0) is 26.0 Å². The van der Waals surface area contributed by atoms with Gasteiger partial charge < -0.3 is 10.1 Å². The van der Waals surface area contributed by atoms with Crippen molar-refractivity contribution in [1.29, 1.82) is 5.41 Å². The summed E-state index contributed by atoms with van der Waals surface area (Å²) in [7, 11) is 1.61. The zero-order chi connectivity index (χ0) is 14.7. The summed E-state index contributed by atoms with van der Waals surface area (Å²) in [5.41, 5.74) is 3.06. The molecule has 20 heavy (non-hydrogen) atoms. The summed E-state index contributed by atoms with van der Waals surface area (Å²) in [6.07, 6.45) is 0. The Morgan fingerprint density at radius 2 is 2.00 bits per heavy atom. The lowest BCUT2D eigenvalue weighted by Gasteiger charge is -2.17. The lowest BCUT2D eigenvalue weighted by Crippen LogP contribution is -2.22. The fraction of sp³-hybridized carbons (Fsp3) is 0.214. The molecule has 0 bridgehead atoms. The molecule has 1 aliphatic heterocycles. The molecule has 5 nitrogen and oxygen atoms in total. The molecule has 1 aromatic carbocycles. The van der Waals surface area contributed by atoms with Crippen molar-refractivity contribution >= 4 is 33.9 Å².